The zero-order valence-corrected chi connectivity index (χ0v) is 18.4. The lowest BCUT2D eigenvalue weighted by atomic mass is 10.1. The first-order valence-electron chi connectivity index (χ1n) is 9.77. The highest BCUT2D eigenvalue weighted by atomic mass is 127. The van der Waals surface area contributed by atoms with E-state index in [2.05, 4.69) is 28.5 Å². The number of halogens is 1. The molecule has 2 aliphatic rings. The van der Waals surface area contributed by atoms with Crippen LogP contribution in [-0.4, -0.2) is 49.7 Å². The molecule has 3 rings (SSSR count). The second-order valence-electron chi connectivity index (χ2n) is 7.00. The van der Waals surface area contributed by atoms with E-state index >= 15 is 0 Å². The highest BCUT2D eigenvalue weighted by molar-refractivity contribution is 14.0. The smallest absolute Gasteiger partial charge is 0.191 e. The van der Waals surface area contributed by atoms with Gasteiger partial charge in [0.2, 0.25) is 0 Å². The molecule has 1 saturated carbocycles. The van der Waals surface area contributed by atoms with Crippen molar-refractivity contribution in [1.29, 1.82) is 0 Å². The van der Waals surface area contributed by atoms with Gasteiger partial charge in [-0.15, -0.1) is 24.0 Å². The molecule has 1 atom stereocenters. The van der Waals surface area contributed by atoms with Gasteiger partial charge in [-0.05, 0) is 51.6 Å². The van der Waals surface area contributed by atoms with E-state index in [4.69, 9.17) is 9.73 Å². The normalized spacial score (nSPS) is 20.5. The zero-order valence-electron chi connectivity index (χ0n) is 16.0. The maximum atomic E-state index is 5.70. The summed E-state index contributed by atoms with van der Waals surface area (Å²) in [4.78, 5) is 7.42. The summed E-state index contributed by atoms with van der Waals surface area (Å²) in [6, 6.07) is 9.04. The average Bonchev–Trinajstić information content (AvgIpc) is 3.37. The standard InChI is InChI=1S/C20H32N4O.HI/c1-3-21-20(22-13-16-11-12-24(15-16)18-9-10-18)23-14-17-7-5-6-8-19(17)25-4-2;/h5-8,16,18H,3-4,9-15H2,1-2H3,(H2,21,22,23);1H. The number of nitrogens with zero attached hydrogens (tertiary/aromatic N) is 2. The van der Waals surface area contributed by atoms with Crippen LogP contribution in [0.2, 0.25) is 0 Å². The molecule has 1 aliphatic carbocycles. The first kappa shape index (κ1) is 21.3. The van der Waals surface area contributed by atoms with Crippen LogP contribution in [0.5, 0.6) is 5.75 Å². The lowest BCUT2D eigenvalue weighted by Gasteiger charge is -2.17. The van der Waals surface area contributed by atoms with Crippen molar-refractivity contribution >= 4 is 29.9 Å². The third-order valence-corrected chi connectivity index (χ3v) is 4.96. The fourth-order valence-corrected chi connectivity index (χ4v) is 3.48. The van der Waals surface area contributed by atoms with Crippen LogP contribution in [0, 0.1) is 5.92 Å². The maximum Gasteiger partial charge on any atom is 0.191 e. The minimum Gasteiger partial charge on any atom is -0.494 e. The number of nitrogens with one attached hydrogen (secondary N) is 2. The molecule has 26 heavy (non-hydrogen) atoms. The number of aliphatic imine (C=N–C) groups is 1. The fraction of sp³-hybridized carbons (Fsp3) is 0.650. The minimum atomic E-state index is 0. The number of ether oxygens (including phenoxy) is 1. The third-order valence-electron chi connectivity index (χ3n) is 4.96. The first-order valence-corrected chi connectivity index (χ1v) is 9.77. The predicted octanol–water partition coefficient (Wildman–Crippen LogP) is 3.24. The Labute approximate surface area is 175 Å². The molecule has 1 heterocycles. The minimum absolute atomic E-state index is 0. The Morgan fingerprint density at radius 2 is 2.00 bits per heavy atom. The van der Waals surface area contributed by atoms with E-state index in [1.807, 2.05) is 25.1 Å². The number of likely N-dealkylation sites (tertiary alicyclic amines) is 1. The SMILES string of the molecule is CCNC(=NCc1ccccc1OCC)NCC1CCN(C2CC2)C1.I. The number of hydrogen-bond acceptors (Lipinski definition) is 3. The molecule has 146 valence electrons. The van der Waals surface area contributed by atoms with Crippen molar-refractivity contribution in [2.24, 2.45) is 10.9 Å². The number of para-hydroxylation sites is 1. The fourth-order valence-electron chi connectivity index (χ4n) is 3.48. The first-order chi connectivity index (χ1) is 12.3. The van der Waals surface area contributed by atoms with Crippen molar-refractivity contribution in [2.45, 2.75) is 45.7 Å². The molecule has 2 fully saturated rings. The highest BCUT2D eigenvalue weighted by Gasteiger charge is 2.34. The summed E-state index contributed by atoms with van der Waals surface area (Å²) in [5.41, 5.74) is 1.13. The van der Waals surface area contributed by atoms with Crippen LogP contribution < -0.4 is 15.4 Å². The summed E-state index contributed by atoms with van der Waals surface area (Å²) in [7, 11) is 0. The highest BCUT2D eigenvalue weighted by Crippen LogP contribution is 2.31. The van der Waals surface area contributed by atoms with E-state index in [1.54, 1.807) is 0 Å². The molecule has 0 amide bonds. The van der Waals surface area contributed by atoms with Gasteiger partial charge < -0.3 is 20.3 Å². The van der Waals surface area contributed by atoms with Crippen LogP contribution in [-0.2, 0) is 6.54 Å². The molecule has 0 radical (unpaired) electrons. The monoisotopic (exact) mass is 472 g/mol. The van der Waals surface area contributed by atoms with Crippen molar-refractivity contribution in [3.8, 4) is 5.75 Å². The van der Waals surface area contributed by atoms with Crippen molar-refractivity contribution in [3.63, 3.8) is 0 Å². The molecule has 1 unspecified atom stereocenters. The molecular formula is C20H33IN4O. The van der Waals surface area contributed by atoms with E-state index in [0.29, 0.717) is 13.2 Å². The predicted molar refractivity (Wildman–Crippen MR) is 119 cm³/mol. The van der Waals surface area contributed by atoms with Gasteiger partial charge in [0.1, 0.15) is 5.75 Å². The molecular weight excluding hydrogens is 439 g/mol. The zero-order chi connectivity index (χ0) is 17.5. The lowest BCUT2D eigenvalue weighted by Crippen LogP contribution is -2.40. The van der Waals surface area contributed by atoms with Crippen molar-refractivity contribution < 1.29 is 4.74 Å². The molecule has 1 aromatic rings. The summed E-state index contributed by atoms with van der Waals surface area (Å²) < 4.78 is 5.70. The van der Waals surface area contributed by atoms with Crippen LogP contribution in [0.4, 0.5) is 0 Å². The van der Waals surface area contributed by atoms with Crippen LogP contribution in [0.1, 0.15) is 38.7 Å². The quantitative estimate of drug-likeness (QED) is 0.347. The number of guanidine groups is 1. The maximum absolute atomic E-state index is 5.70. The van der Waals surface area contributed by atoms with Crippen LogP contribution >= 0.6 is 24.0 Å². The van der Waals surface area contributed by atoms with Gasteiger partial charge in [0, 0.05) is 31.2 Å². The summed E-state index contributed by atoms with van der Waals surface area (Å²) >= 11 is 0. The van der Waals surface area contributed by atoms with Crippen molar-refractivity contribution in [3.05, 3.63) is 29.8 Å². The number of benzene rings is 1. The summed E-state index contributed by atoms with van der Waals surface area (Å²) in [5, 5.41) is 6.89. The Morgan fingerprint density at radius 3 is 2.73 bits per heavy atom. The van der Waals surface area contributed by atoms with E-state index in [-0.39, 0.29) is 24.0 Å². The molecule has 0 bridgehead atoms. The van der Waals surface area contributed by atoms with Gasteiger partial charge in [-0.1, -0.05) is 18.2 Å². The van der Waals surface area contributed by atoms with Gasteiger partial charge in [0.05, 0.1) is 13.2 Å². The Bertz CT molecular complexity index is 577. The molecule has 6 heteroatoms. The Morgan fingerprint density at radius 1 is 1.19 bits per heavy atom. The third kappa shape index (κ3) is 6.30. The molecule has 1 aliphatic heterocycles. The van der Waals surface area contributed by atoms with E-state index < -0.39 is 0 Å². The van der Waals surface area contributed by atoms with E-state index in [0.717, 1.165) is 42.3 Å². The topological polar surface area (TPSA) is 48.9 Å². The Kier molecular flexibility index (Phi) is 8.98. The number of rotatable bonds is 8. The number of hydrogen-bond donors (Lipinski definition) is 2. The second kappa shape index (κ2) is 11.0. The molecule has 1 aromatic carbocycles. The summed E-state index contributed by atoms with van der Waals surface area (Å²) in [6.45, 7) is 9.81. The van der Waals surface area contributed by atoms with Gasteiger partial charge in [-0.2, -0.15) is 0 Å². The van der Waals surface area contributed by atoms with Gasteiger partial charge in [0.15, 0.2) is 5.96 Å². The second-order valence-corrected chi connectivity index (χ2v) is 7.00. The van der Waals surface area contributed by atoms with Gasteiger partial charge in [0.25, 0.3) is 0 Å². The molecule has 2 N–H and O–H groups in total. The van der Waals surface area contributed by atoms with Crippen molar-refractivity contribution in [1.82, 2.24) is 15.5 Å². The molecule has 5 nitrogen and oxygen atoms in total. The average molecular weight is 472 g/mol. The molecule has 1 saturated heterocycles. The van der Waals surface area contributed by atoms with Gasteiger partial charge in [-0.3, -0.25) is 0 Å². The summed E-state index contributed by atoms with van der Waals surface area (Å²) in [6.07, 6.45) is 4.11. The van der Waals surface area contributed by atoms with Crippen molar-refractivity contribution in [2.75, 3.05) is 32.8 Å². The van der Waals surface area contributed by atoms with E-state index in [9.17, 15) is 0 Å². The van der Waals surface area contributed by atoms with Gasteiger partial charge in [-0.25, -0.2) is 4.99 Å². The Hall–Kier alpha value is -1.02. The summed E-state index contributed by atoms with van der Waals surface area (Å²) in [5.74, 6) is 2.57. The molecule has 0 aromatic heterocycles. The molecule has 0 spiro atoms. The Balaban J connectivity index is 0.00000243. The largest absolute Gasteiger partial charge is 0.494 e. The van der Waals surface area contributed by atoms with Crippen LogP contribution in [0.25, 0.3) is 0 Å². The lowest BCUT2D eigenvalue weighted by molar-refractivity contribution is 0.314. The van der Waals surface area contributed by atoms with E-state index in [1.165, 1.54) is 32.4 Å². The van der Waals surface area contributed by atoms with Crippen LogP contribution in [0.15, 0.2) is 29.3 Å². The van der Waals surface area contributed by atoms with Gasteiger partial charge >= 0.3 is 0 Å². The van der Waals surface area contributed by atoms with Crippen LogP contribution in [0.3, 0.4) is 0 Å².